The molecule has 4 nitrogen and oxygen atoms in total. The fourth-order valence-corrected chi connectivity index (χ4v) is 4.33. The fraction of sp³-hybridized carbons (Fsp3) is 0.500. The number of nitrogens with one attached hydrogen (secondary N) is 1. The first-order valence-electron chi connectivity index (χ1n) is 9.87. The molecule has 0 amide bonds. The third-order valence-electron chi connectivity index (χ3n) is 5.76. The van der Waals surface area contributed by atoms with Gasteiger partial charge in [0.1, 0.15) is 0 Å². The minimum Gasteiger partial charge on any atom is -0.466 e. The molecule has 0 radical (unpaired) electrons. The predicted molar refractivity (Wildman–Crippen MR) is 111 cm³/mol. The van der Waals surface area contributed by atoms with Crippen molar-refractivity contribution < 1.29 is 14.3 Å². The highest BCUT2D eigenvalue weighted by atomic mass is 16.5. The number of hydrogen-bond donors (Lipinski definition) is 1. The summed E-state index contributed by atoms with van der Waals surface area (Å²) in [5, 5.41) is 3.34. The van der Waals surface area contributed by atoms with Gasteiger partial charge in [-0.05, 0) is 35.3 Å². The van der Waals surface area contributed by atoms with E-state index in [0.717, 1.165) is 23.4 Å². The third kappa shape index (κ3) is 3.65. The summed E-state index contributed by atoms with van der Waals surface area (Å²) < 4.78 is 5.08. The van der Waals surface area contributed by atoms with Gasteiger partial charge in [-0.2, -0.15) is 0 Å². The Balaban J connectivity index is 2.16. The van der Waals surface area contributed by atoms with Crippen LogP contribution in [0.4, 0.5) is 0 Å². The molecule has 3 rings (SSSR count). The molecule has 1 N–H and O–H groups in total. The number of allylic oxidation sites excluding steroid dienone is 3. The molecule has 150 valence electrons. The van der Waals surface area contributed by atoms with Crippen molar-refractivity contribution in [1.82, 2.24) is 5.32 Å². The van der Waals surface area contributed by atoms with E-state index in [1.54, 1.807) is 0 Å². The van der Waals surface area contributed by atoms with E-state index in [0.29, 0.717) is 17.6 Å². The van der Waals surface area contributed by atoms with E-state index in [1.165, 1.54) is 12.7 Å². The van der Waals surface area contributed by atoms with Crippen LogP contribution in [-0.2, 0) is 19.7 Å². The van der Waals surface area contributed by atoms with Crippen LogP contribution in [0.2, 0.25) is 0 Å². The second kappa shape index (κ2) is 6.91. The molecule has 1 aromatic carbocycles. The van der Waals surface area contributed by atoms with Gasteiger partial charge in [0.2, 0.25) is 0 Å². The lowest BCUT2D eigenvalue weighted by Gasteiger charge is -2.39. The van der Waals surface area contributed by atoms with Crippen molar-refractivity contribution in [2.45, 2.75) is 65.7 Å². The average molecular weight is 382 g/mol. The van der Waals surface area contributed by atoms with Gasteiger partial charge in [0.05, 0.1) is 12.7 Å². The van der Waals surface area contributed by atoms with Crippen LogP contribution < -0.4 is 5.32 Å². The topological polar surface area (TPSA) is 55.4 Å². The van der Waals surface area contributed by atoms with Crippen molar-refractivity contribution >= 4 is 11.8 Å². The number of esters is 1. The number of rotatable bonds is 2. The summed E-state index contributed by atoms with van der Waals surface area (Å²) in [7, 11) is 1.39. The van der Waals surface area contributed by atoms with Crippen LogP contribution in [0.15, 0.2) is 46.8 Å². The fourth-order valence-electron chi connectivity index (χ4n) is 4.33. The van der Waals surface area contributed by atoms with E-state index < -0.39 is 0 Å². The third-order valence-corrected chi connectivity index (χ3v) is 5.76. The van der Waals surface area contributed by atoms with E-state index in [4.69, 9.17) is 4.74 Å². The first kappa shape index (κ1) is 20.4. The molecule has 0 spiro atoms. The molecule has 0 saturated carbocycles. The molecule has 1 aromatic rings. The second-order valence-corrected chi connectivity index (χ2v) is 9.79. The zero-order valence-corrected chi connectivity index (χ0v) is 18.0. The molecule has 4 heteroatoms. The van der Waals surface area contributed by atoms with Gasteiger partial charge in [0.25, 0.3) is 0 Å². The first-order chi connectivity index (χ1) is 12.9. The quantitative estimate of drug-likeness (QED) is 0.751. The number of carbonyl (C=O) groups is 2. The summed E-state index contributed by atoms with van der Waals surface area (Å²) in [5.41, 5.74) is 5.07. The van der Waals surface area contributed by atoms with Gasteiger partial charge in [0, 0.05) is 29.3 Å². The Kier molecular flexibility index (Phi) is 5.03. The monoisotopic (exact) mass is 381 g/mol. The minimum atomic E-state index is -0.390. The molecular weight excluding hydrogens is 350 g/mol. The molecule has 28 heavy (non-hydrogen) atoms. The zero-order chi connectivity index (χ0) is 20.9. The summed E-state index contributed by atoms with van der Waals surface area (Å²) >= 11 is 0. The standard InChI is InChI=1S/C24H31NO3/c1-14-19(22(27)28-7)20(15-8-10-16(11-9-15)23(2,3)4)21-17(25-14)12-24(5,6)13-18(21)26/h8-11,20,25H,12-13H2,1-7H3/t20-/m0/s1. The van der Waals surface area contributed by atoms with Crippen molar-refractivity contribution in [3.8, 4) is 0 Å². The Morgan fingerprint density at radius 3 is 2.29 bits per heavy atom. The summed E-state index contributed by atoms with van der Waals surface area (Å²) in [5.74, 6) is -0.669. The number of ketones is 1. The minimum absolute atomic E-state index is 0.0404. The largest absolute Gasteiger partial charge is 0.466 e. The molecule has 0 unspecified atom stereocenters. The van der Waals surface area contributed by atoms with Crippen LogP contribution in [0.5, 0.6) is 0 Å². The van der Waals surface area contributed by atoms with Gasteiger partial charge in [0.15, 0.2) is 5.78 Å². The van der Waals surface area contributed by atoms with Crippen LogP contribution in [-0.4, -0.2) is 18.9 Å². The van der Waals surface area contributed by atoms with Gasteiger partial charge in [-0.3, -0.25) is 4.79 Å². The number of hydrogen-bond acceptors (Lipinski definition) is 4. The summed E-state index contributed by atoms with van der Waals surface area (Å²) in [6.07, 6.45) is 1.27. The van der Waals surface area contributed by atoms with Crippen LogP contribution in [0.3, 0.4) is 0 Å². The predicted octanol–water partition coefficient (Wildman–Crippen LogP) is 4.76. The molecule has 1 aliphatic heterocycles. The molecule has 0 fully saturated rings. The van der Waals surface area contributed by atoms with E-state index in [-0.39, 0.29) is 28.5 Å². The van der Waals surface area contributed by atoms with Gasteiger partial charge >= 0.3 is 5.97 Å². The maximum Gasteiger partial charge on any atom is 0.336 e. The highest BCUT2D eigenvalue weighted by Gasteiger charge is 2.43. The van der Waals surface area contributed by atoms with Gasteiger partial charge in [-0.15, -0.1) is 0 Å². The van der Waals surface area contributed by atoms with E-state index in [2.05, 4.69) is 52.1 Å². The van der Waals surface area contributed by atoms with E-state index in [1.807, 2.05) is 19.1 Å². The maximum absolute atomic E-state index is 13.1. The zero-order valence-electron chi connectivity index (χ0n) is 18.0. The number of carbonyl (C=O) groups excluding carboxylic acids is 2. The van der Waals surface area contributed by atoms with Crippen LogP contribution in [0.1, 0.15) is 71.4 Å². The Hall–Kier alpha value is -2.36. The molecular formula is C24H31NO3. The number of ether oxygens (including phenoxy) is 1. The van der Waals surface area contributed by atoms with Crippen LogP contribution in [0.25, 0.3) is 0 Å². The Bertz CT molecular complexity index is 879. The van der Waals surface area contributed by atoms with Gasteiger partial charge in [-0.1, -0.05) is 58.9 Å². The number of dihydropyridines is 1. The van der Waals surface area contributed by atoms with Crippen LogP contribution in [0, 0.1) is 5.41 Å². The SMILES string of the molecule is COC(=O)C1=C(C)NC2=C(C(=O)CC(C)(C)C2)[C@H]1c1ccc(C(C)(C)C)cc1. The molecule has 1 aliphatic carbocycles. The lowest BCUT2D eigenvalue weighted by atomic mass is 9.68. The molecule has 2 aliphatic rings. The molecule has 0 saturated heterocycles. The summed E-state index contributed by atoms with van der Waals surface area (Å²) in [6.45, 7) is 12.6. The van der Waals surface area contributed by atoms with Crippen molar-refractivity contribution in [1.29, 1.82) is 0 Å². The normalized spacial score (nSPS) is 22.0. The smallest absolute Gasteiger partial charge is 0.336 e. The average Bonchev–Trinajstić information content (AvgIpc) is 2.58. The first-order valence-corrected chi connectivity index (χ1v) is 9.87. The second-order valence-electron chi connectivity index (χ2n) is 9.79. The Morgan fingerprint density at radius 2 is 1.75 bits per heavy atom. The highest BCUT2D eigenvalue weighted by molar-refractivity contribution is 6.04. The lowest BCUT2D eigenvalue weighted by Crippen LogP contribution is -2.38. The Morgan fingerprint density at radius 1 is 1.14 bits per heavy atom. The summed E-state index contributed by atoms with van der Waals surface area (Å²) in [4.78, 5) is 25.8. The van der Waals surface area contributed by atoms with Gasteiger partial charge < -0.3 is 10.1 Å². The molecule has 0 bridgehead atoms. The maximum atomic E-state index is 13.1. The van der Waals surface area contributed by atoms with E-state index in [9.17, 15) is 9.59 Å². The van der Waals surface area contributed by atoms with Gasteiger partial charge in [-0.25, -0.2) is 4.79 Å². The highest BCUT2D eigenvalue weighted by Crippen LogP contribution is 2.46. The molecule has 1 atom stereocenters. The Labute approximate surface area is 168 Å². The lowest BCUT2D eigenvalue weighted by molar-refractivity contribution is -0.136. The number of Topliss-reactive ketones (excluding diaryl/α,β-unsaturated/α-hetero) is 1. The molecule has 1 heterocycles. The van der Waals surface area contributed by atoms with Crippen molar-refractivity contribution in [2.75, 3.05) is 7.11 Å². The van der Waals surface area contributed by atoms with Crippen molar-refractivity contribution in [2.24, 2.45) is 5.41 Å². The number of benzene rings is 1. The summed E-state index contributed by atoms with van der Waals surface area (Å²) in [6, 6.07) is 8.28. The van der Waals surface area contributed by atoms with Crippen LogP contribution >= 0.6 is 0 Å². The number of methoxy groups -OCH3 is 1. The van der Waals surface area contributed by atoms with Crippen molar-refractivity contribution in [3.05, 3.63) is 57.9 Å². The molecule has 0 aromatic heterocycles. The van der Waals surface area contributed by atoms with Crippen molar-refractivity contribution in [3.63, 3.8) is 0 Å². The van der Waals surface area contributed by atoms with E-state index >= 15 is 0 Å².